The number of fused-ring (bicyclic) bond motifs is 2. The van der Waals surface area contributed by atoms with Crippen molar-refractivity contribution in [3.63, 3.8) is 0 Å². The molecule has 3 aromatic rings. The number of aromatic amines is 1. The highest BCUT2D eigenvalue weighted by Gasteiger charge is 2.29. The van der Waals surface area contributed by atoms with E-state index in [9.17, 15) is 0 Å². The number of H-pyrrole nitrogens is 1. The maximum atomic E-state index is 5.92. The Bertz CT molecular complexity index is 1030. The normalized spacial score (nSPS) is 16.5. The molecule has 0 bridgehead atoms. The summed E-state index contributed by atoms with van der Waals surface area (Å²) in [6.07, 6.45) is 6.45. The highest BCUT2D eigenvalue weighted by Crippen LogP contribution is 2.42. The van der Waals surface area contributed by atoms with E-state index in [1.807, 2.05) is 18.9 Å². The quantitative estimate of drug-likeness (QED) is 0.396. The SMILES string of the molecule is CCOc1cc2c(cc1OC)CCN(SCC)C2CCc1c[nH]c2ccc(CC)cc12. The smallest absolute Gasteiger partial charge is 0.161 e. The number of ether oxygens (including phenoxy) is 2. The van der Waals surface area contributed by atoms with E-state index in [2.05, 4.69) is 59.7 Å². The number of hydrogen-bond donors (Lipinski definition) is 1. The lowest BCUT2D eigenvalue weighted by atomic mass is 9.90. The molecule has 0 radical (unpaired) electrons. The molecule has 0 amide bonds. The van der Waals surface area contributed by atoms with E-state index < -0.39 is 0 Å². The molecule has 0 aliphatic carbocycles. The third kappa shape index (κ3) is 4.58. The van der Waals surface area contributed by atoms with Gasteiger partial charge in [-0.2, -0.15) is 0 Å². The highest BCUT2D eigenvalue weighted by atomic mass is 32.2. The minimum atomic E-state index is 0.373. The molecular weight excluding hydrogens is 404 g/mol. The van der Waals surface area contributed by atoms with Crippen molar-refractivity contribution < 1.29 is 9.47 Å². The zero-order chi connectivity index (χ0) is 21.8. The van der Waals surface area contributed by atoms with Crippen molar-refractivity contribution in [2.45, 2.75) is 52.5 Å². The van der Waals surface area contributed by atoms with Gasteiger partial charge < -0.3 is 14.5 Å². The first-order valence-corrected chi connectivity index (χ1v) is 12.4. The average Bonchev–Trinajstić information content (AvgIpc) is 3.20. The second-order valence-electron chi connectivity index (χ2n) is 8.05. The fourth-order valence-electron chi connectivity index (χ4n) is 4.68. The monoisotopic (exact) mass is 438 g/mol. The topological polar surface area (TPSA) is 37.5 Å². The predicted molar refractivity (Wildman–Crippen MR) is 131 cm³/mol. The lowest BCUT2D eigenvalue weighted by molar-refractivity contribution is 0.299. The average molecular weight is 439 g/mol. The van der Waals surface area contributed by atoms with Crippen LogP contribution in [0, 0.1) is 0 Å². The number of aromatic nitrogens is 1. The van der Waals surface area contributed by atoms with Crippen molar-refractivity contribution in [3.05, 3.63) is 58.8 Å². The van der Waals surface area contributed by atoms with Gasteiger partial charge >= 0.3 is 0 Å². The maximum absolute atomic E-state index is 5.92. The number of methoxy groups -OCH3 is 1. The Hall–Kier alpha value is -2.11. The van der Waals surface area contributed by atoms with Crippen LogP contribution in [0.1, 0.15) is 55.5 Å². The van der Waals surface area contributed by atoms with Crippen LogP contribution in [0.25, 0.3) is 10.9 Å². The number of benzene rings is 2. The summed E-state index contributed by atoms with van der Waals surface area (Å²) in [6, 6.07) is 11.6. The van der Waals surface area contributed by atoms with Crippen molar-refractivity contribution in [2.75, 3.05) is 26.0 Å². The van der Waals surface area contributed by atoms with Gasteiger partial charge in [0.25, 0.3) is 0 Å². The summed E-state index contributed by atoms with van der Waals surface area (Å²) >= 11 is 1.95. The molecule has 1 N–H and O–H groups in total. The van der Waals surface area contributed by atoms with E-state index in [4.69, 9.17) is 9.47 Å². The standard InChI is InChI=1S/C26H34N2O2S/c1-5-18-8-10-23-21(14-18)20(17-27-23)9-11-24-22-16-26(30-6-2)25(29-4)15-19(22)12-13-28(24)31-7-3/h8,10,14-17,24,27H,5-7,9,11-13H2,1-4H3. The predicted octanol–water partition coefficient (Wildman–Crippen LogP) is 6.34. The zero-order valence-electron chi connectivity index (χ0n) is 19.2. The third-order valence-electron chi connectivity index (χ3n) is 6.26. The highest BCUT2D eigenvalue weighted by molar-refractivity contribution is 7.96. The van der Waals surface area contributed by atoms with E-state index in [1.54, 1.807) is 7.11 Å². The van der Waals surface area contributed by atoms with Crippen LogP contribution in [-0.4, -0.2) is 35.3 Å². The first-order chi connectivity index (χ1) is 15.2. The summed E-state index contributed by atoms with van der Waals surface area (Å²) in [4.78, 5) is 3.47. The van der Waals surface area contributed by atoms with E-state index in [0.29, 0.717) is 12.6 Å². The van der Waals surface area contributed by atoms with E-state index in [-0.39, 0.29) is 0 Å². The Morgan fingerprint density at radius 2 is 2.00 bits per heavy atom. The number of nitrogens with one attached hydrogen (secondary N) is 1. The van der Waals surface area contributed by atoms with Crippen LogP contribution >= 0.6 is 11.9 Å². The van der Waals surface area contributed by atoms with Gasteiger partial charge in [-0.3, -0.25) is 0 Å². The second kappa shape index (κ2) is 10.0. The van der Waals surface area contributed by atoms with Gasteiger partial charge in [-0.05, 0) is 79.1 Å². The van der Waals surface area contributed by atoms with Gasteiger partial charge in [-0.25, -0.2) is 4.31 Å². The molecule has 0 spiro atoms. The fraction of sp³-hybridized carbons (Fsp3) is 0.462. The van der Waals surface area contributed by atoms with Crippen molar-refractivity contribution in [2.24, 2.45) is 0 Å². The van der Waals surface area contributed by atoms with Crippen LogP contribution in [0.3, 0.4) is 0 Å². The number of aryl methyl sites for hydroxylation is 2. The molecule has 31 heavy (non-hydrogen) atoms. The molecule has 2 aromatic carbocycles. The molecule has 166 valence electrons. The van der Waals surface area contributed by atoms with Crippen LogP contribution in [-0.2, 0) is 19.3 Å². The number of hydrogen-bond acceptors (Lipinski definition) is 4. The van der Waals surface area contributed by atoms with E-state index in [0.717, 1.165) is 49.5 Å². The fourth-order valence-corrected chi connectivity index (χ4v) is 5.63. The number of nitrogens with zero attached hydrogens (tertiary/aromatic N) is 1. The largest absolute Gasteiger partial charge is 0.493 e. The van der Waals surface area contributed by atoms with E-state index in [1.165, 1.54) is 33.2 Å². The van der Waals surface area contributed by atoms with Crippen molar-refractivity contribution >= 4 is 22.9 Å². The lowest BCUT2D eigenvalue weighted by Gasteiger charge is -2.37. The van der Waals surface area contributed by atoms with Gasteiger partial charge in [0.05, 0.1) is 13.7 Å². The molecule has 2 heterocycles. The summed E-state index contributed by atoms with van der Waals surface area (Å²) in [7, 11) is 1.73. The number of rotatable bonds is 9. The van der Waals surface area contributed by atoms with Gasteiger partial charge in [0.15, 0.2) is 11.5 Å². The van der Waals surface area contributed by atoms with Gasteiger partial charge in [-0.1, -0.05) is 31.9 Å². The lowest BCUT2D eigenvalue weighted by Crippen LogP contribution is -2.31. The molecule has 0 saturated heterocycles. The molecule has 4 nitrogen and oxygen atoms in total. The van der Waals surface area contributed by atoms with Crippen molar-refractivity contribution in [1.82, 2.24) is 9.29 Å². The zero-order valence-corrected chi connectivity index (χ0v) is 20.0. The Balaban J connectivity index is 1.65. The van der Waals surface area contributed by atoms with Crippen LogP contribution in [0.2, 0.25) is 0 Å². The molecule has 0 fully saturated rings. The van der Waals surface area contributed by atoms with E-state index >= 15 is 0 Å². The molecule has 4 rings (SSSR count). The van der Waals surface area contributed by atoms with Gasteiger partial charge in [0.2, 0.25) is 0 Å². The molecule has 1 atom stereocenters. The summed E-state index contributed by atoms with van der Waals surface area (Å²) in [6.45, 7) is 8.19. The summed E-state index contributed by atoms with van der Waals surface area (Å²) in [5.41, 5.74) is 6.83. The van der Waals surface area contributed by atoms with Crippen molar-refractivity contribution in [1.29, 1.82) is 0 Å². The third-order valence-corrected chi connectivity index (χ3v) is 7.28. The van der Waals surface area contributed by atoms with Crippen LogP contribution in [0.15, 0.2) is 36.5 Å². The molecule has 5 heteroatoms. The second-order valence-corrected chi connectivity index (χ2v) is 9.35. The first kappa shape index (κ1) is 22.1. The van der Waals surface area contributed by atoms with Gasteiger partial charge in [-0.15, -0.1) is 0 Å². The summed E-state index contributed by atoms with van der Waals surface area (Å²) in [5.74, 6) is 2.80. The summed E-state index contributed by atoms with van der Waals surface area (Å²) < 4.78 is 14.1. The molecule has 0 saturated carbocycles. The molecule has 1 aliphatic rings. The van der Waals surface area contributed by atoms with Crippen LogP contribution < -0.4 is 9.47 Å². The molecule has 1 aliphatic heterocycles. The Morgan fingerprint density at radius 1 is 1.13 bits per heavy atom. The minimum absolute atomic E-state index is 0.373. The van der Waals surface area contributed by atoms with Crippen molar-refractivity contribution in [3.8, 4) is 11.5 Å². The van der Waals surface area contributed by atoms with Crippen LogP contribution in [0.5, 0.6) is 11.5 Å². The van der Waals surface area contributed by atoms with Gasteiger partial charge in [0.1, 0.15) is 0 Å². The molecule has 1 aromatic heterocycles. The molecular formula is C26H34N2O2S. The summed E-state index contributed by atoms with van der Waals surface area (Å²) in [5, 5.41) is 1.37. The van der Waals surface area contributed by atoms with Gasteiger partial charge in [0, 0.05) is 35.4 Å². The molecule has 1 unspecified atom stereocenters. The Morgan fingerprint density at radius 3 is 2.74 bits per heavy atom. The minimum Gasteiger partial charge on any atom is -0.493 e. The first-order valence-electron chi connectivity index (χ1n) is 11.5. The van der Waals surface area contributed by atoms with Crippen LogP contribution in [0.4, 0.5) is 0 Å². The Labute approximate surface area is 190 Å². The Kier molecular flexibility index (Phi) is 7.13. The maximum Gasteiger partial charge on any atom is 0.161 e.